The molecule has 1 aromatic rings. The first-order chi connectivity index (χ1) is 6.83. The first-order valence-electron chi connectivity index (χ1n) is 4.03. The molecule has 0 N–H and O–H groups in total. The molecule has 0 bridgehead atoms. The maximum absolute atomic E-state index is 11.3. The second-order valence-electron chi connectivity index (χ2n) is 2.74. The predicted molar refractivity (Wildman–Crippen MR) is 72.7 cm³/mol. The number of hydrogen-bond acceptors (Lipinski definition) is 7. The van der Waals surface area contributed by atoms with E-state index < -0.39 is 0 Å². The van der Waals surface area contributed by atoms with Gasteiger partial charge in [0.1, 0.15) is 0 Å². The van der Waals surface area contributed by atoms with Crippen molar-refractivity contribution in [2.45, 2.75) is 17.6 Å². The van der Waals surface area contributed by atoms with E-state index in [0.717, 1.165) is 0 Å². The van der Waals surface area contributed by atoms with Crippen LogP contribution >= 0.6 is 69.7 Å². The molecule has 1 fully saturated rings. The fraction of sp³-hybridized carbons (Fsp3) is 0.571. The van der Waals surface area contributed by atoms with Crippen LogP contribution in [0.4, 0.5) is 0 Å². The van der Waals surface area contributed by atoms with E-state index in [1.807, 2.05) is 23.5 Å². The molecule has 76 valence electrons. The molecule has 3 heterocycles. The highest BCUT2D eigenvalue weighted by Crippen LogP contribution is 2.56. The van der Waals surface area contributed by atoms with E-state index in [2.05, 4.69) is 23.5 Å². The van der Waals surface area contributed by atoms with E-state index in [-0.39, 0.29) is 4.06 Å². The summed E-state index contributed by atoms with van der Waals surface area (Å²) in [4.78, 5) is 11.3. The fourth-order valence-electron chi connectivity index (χ4n) is 1.28. The summed E-state index contributed by atoms with van der Waals surface area (Å²) in [5, 5.41) is 0. The summed E-state index contributed by atoms with van der Waals surface area (Å²) in [6.45, 7) is 0. The summed E-state index contributed by atoms with van der Waals surface area (Å²) < 4.78 is 4.11. The van der Waals surface area contributed by atoms with Gasteiger partial charge in [0.2, 0.25) is 0 Å². The van der Waals surface area contributed by atoms with E-state index >= 15 is 0 Å². The Bertz CT molecular complexity index is 361. The maximum Gasteiger partial charge on any atom is 0.289 e. The molecule has 1 nitrogen and oxygen atoms in total. The van der Waals surface area contributed by atoms with Gasteiger partial charge >= 0.3 is 0 Å². The Labute approximate surface area is 107 Å². The molecule has 0 radical (unpaired) electrons. The minimum atomic E-state index is 0.253. The molecule has 0 amide bonds. The van der Waals surface area contributed by atoms with Crippen molar-refractivity contribution in [1.29, 1.82) is 0 Å². The van der Waals surface area contributed by atoms with Gasteiger partial charge in [-0.3, -0.25) is 4.79 Å². The molecule has 0 spiro atoms. The summed E-state index contributed by atoms with van der Waals surface area (Å²) in [5.41, 5.74) is 0. The molecule has 1 saturated heterocycles. The molecule has 0 aliphatic carbocycles. The lowest BCUT2D eigenvalue weighted by Crippen LogP contribution is -2.21. The zero-order valence-electron chi connectivity index (χ0n) is 6.93. The molecule has 0 aromatic carbocycles. The lowest BCUT2D eigenvalue weighted by Gasteiger charge is -2.32. The van der Waals surface area contributed by atoms with Crippen LogP contribution in [0.15, 0.2) is 13.2 Å². The third-order valence-electron chi connectivity index (χ3n) is 1.83. The maximum atomic E-state index is 11.3. The van der Waals surface area contributed by atoms with Crippen LogP contribution in [0.1, 0.15) is 0 Å². The fourth-order valence-corrected chi connectivity index (χ4v) is 11.3. The molecule has 2 unspecified atom stereocenters. The van der Waals surface area contributed by atoms with Crippen LogP contribution in [0.2, 0.25) is 0 Å². The van der Waals surface area contributed by atoms with Crippen molar-refractivity contribution in [2.75, 3.05) is 11.5 Å². The Kier molecular flexibility index (Phi) is 3.16. The lowest BCUT2D eigenvalue weighted by molar-refractivity contribution is 1.26. The number of hydrogen-bond donors (Lipinski definition) is 0. The van der Waals surface area contributed by atoms with Crippen LogP contribution in [0, 0.1) is 0 Å². The minimum absolute atomic E-state index is 0.253. The van der Waals surface area contributed by atoms with Gasteiger partial charge in [0.25, 0.3) is 4.06 Å². The Morgan fingerprint density at radius 3 is 1.93 bits per heavy atom. The molecule has 1 aromatic heterocycles. The van der Waals surface area contributed by atoms with Crippen LogP contribution < -0.4 is 4.06 Å². The van der Waals surface area contributed by atoms with E-state index in [0.29, 0.717) is 9.16 Å². The average Bonchev–Trinajstić information content (AvgIpc) is 2.53. The van der Waals surface area contributed by atoms with E-state index in [9.17, 15) is 4.79 Å². The van der Waals surface area contributed by atoms with Gasteiger partial charge in [0.05, 0.1) is 17.6 Å². The van der Waals surface area contributed by atoms with Crippen molar-refractivity contribution in [3.05, 3.63) is 8.85 Å². The zero-order chi connectivity index (χ0) is 9.54. The molecular weight excluding hydrogens is 292 g/mol. The quantitative estimate of drug-likeness (QED) is 0.727. The molecular formula is C7H6OS6. The molecule has 0 saturated carbocycles. The molecule has 3 rings (SSSR count). The molecule has 2 aliphatic heterocycles. The monoisotopic (exact) mass is 298 g/mol. The highest BCUT2D eigenvalue weighted by atomic mass is 32.2. The van der Waals surface area contributed by atoms with Gasteiger partial charge in [-0.15, -0.1) is 23.5 Å². The average molecular weight is 299 g/mol. The van der Waals surface area contributed by atoms with Crippen molar-refractivity contribution in [3.8, 4) is 0 Å². The second-order valence-corrected chi connectivity index (χ2v) is 10.9. The smallest absolute Gasteiger partial charge is 0.265 e. The van der Waals surface area contributed by atoms with Crippen molar-refractivity contribution < 1.29 is 0 Å². The van der Waals surface area contributed by atoms with Gasteiger partial charge in [-0.05, 0) is 0 Å². The van der Waals surface area contributed by atoms with Crippen LogP contribution in [0.3, 0.4) is 0 Å². The Morgan fingerprint density at radius 2 is 1.43 bits per heavy atom. The standard InChI is InChI=1S/C7H6OS6/c8-7-13-5-6(14-7)12-4-3(11-5)9-1-2-10-4/h3-4H,1-2H2. The minimum Gasteiger partial charge on any atom is -0.265 e. The second kappa shape index (κ2) is 4.25. The van der Waals surface area contributed by atoms with Crippen molar-refractivity contribution in [3.63, 3.8) is 0 Å². The van der Waals surface area contributed by atoms with Gasteiger partial charge in [-0.1, -0.05) is 46.2 Å². The van der Waals surface area contributed by atoms with Crippen LogP contribution in [-0.2, 0) is 0 Å². The molecule has 2 aliphatic rings. The third-order valence-corrected chi connectivity index (χ3v) is 11.3. The van der Waals surface area contributed by atoms with Crippen LogP contribution in [0.5, 0.6) is 0 Å². The van der Waals surface area contributed by atoms with E-state index in [4.69, 9.17) is 0 Å². The van der Waals surface area contributed by atoms with Crippen LogP contribution in [0.25, 0.3) is 0 Å². The first-order valence-corrected chi connectivity index (χ1v) is 9.52. The number of fused-ring (bicyclic) bond motifs is 2. The molecule has 14 heavy (non-hydrogen) atoms. The predicted octanol–water partition coefficient (Wildman–Crippen LogP) is 3.50. The Morgan fingerprint density at radius 1 is 0.929 bits per heavy atom. The Balaban J connectivity index is 1.94. The summed E-state index contributed by atoms with van der Waals surface area (Å²) >= 11 is 10.8. The highest BCUT2D eigenvalue weighted by molar-refractivity contribution is 8.27. The molecule has 2 atom stereocenters. The topological polar surface area (TPSA) is 17.1 Å². The molecule has 7 heteroatoms. The van der Waals surface area contributed by atoms with E-state index in [1.54, 1.807) is 0 Å². The van der Waals surface area contributed by atoms with Gasteiger partial charge in [0, 0.05) is 11.5 Å². The van der Waals surface area contributed by atoms with Gasteiger partial charge in [-0.2, -0.15) is 0 Å². The van der Waals surface area contributed by atoms with E-state index in [1.165, 1.54) is 42.6 Å². The highest BCUT2D eigenvalue weighted by Gasteiger charge is 2.34. The summed E-state index contributed by atoms with van der Waals surface area (Å²) in [6, 6.07) is 0. The normalized spacial score (nSPS) is 30.9. The number of rotatable bonds is 0. The van der Waals surface area contributed by atoms with Crippen molar-refractivity contribution in [1.82, 2.24) is 0 Å². The largest absolute Gasteiger partial charge is 0.289 e. The lowest BCUT2D eigenvalue weighted by atomic mass is 10.9. The van der Waals surface area contributed by atoms with Crippen LogP contribution in [-0.4, -0.2) is 20.7 Å². The first kappa shape index (κ1) is 10.4. The van der Waals surface area contributed by atoms with Crippen molar-refractivity contribution in [2.24, 2.45) is 0 Å². The Hall–Kier alpha value is 1.25. The van der Waals surface area contributed by atoms with Gasteiger partial charge in [0.15, 0.2) is 0 Å². The summed E-state index contributed by atoms with van der Waals surface area (Å²) in [7, 11) is 0. The number of thioether (sulfide) groups is 4. The summed E-state index contributed by atoms with van der Waals surface area (Å²) in [5.74, 6) is 2.52. The van der Waals surface area contributed by atoms with Crippen molar-refractivity contribution >= 4 is 69.7 Å². The van der Waals surface area contributed by atoms with Gasteiger partial charge in [-0.25, -0.2) is 0 Å². The van der Waals surface area contributed by atoms with Gasteiger partial charge < -0.3 is 0 Å². The third kappa shape index (κ3) is 1.91. The zero-order valence-corrected chi connectivity index (χ0v) is 11.8. The summed E-state index contributed by atoms with van der Waals surface area (Å²) in [6.07, 6.45) is 0. The SMILES string of the molecule is O=c1sc2c(s1)SC1SCCSC1S2.